The Kier molecular flexibility index (Phi) is 4.83. The number of benzene rings is 2. The highest BCUT2D eigenvalue weighted by Gasteiger charge is 2.67. The fourth-order valence-corrected chi connectivity index (χ4v) is 5.64. The van der Waals surface area contributed by atoms with Crippen molar-refractivity contribution in [1.29, 1.82) is 0 Å². The lowest BCUT2D eigenvalue weighted by Crippen LogP contribution is -2.44. The fourth-order valence-electron chi connectivity index (χ4n) is 5.64. The number of H-pyrrole nitrogens is 1. The average molecular weight is 481 g/mol. The van der Waals surface area contributed by atoms with Gasteiger partial charge in [-0.3, -0.25) is 9.59 Å². The number of para-hydroxylation sites is 1. The van der Waals surface area contributed by atoms with Crippen molar-refractivity contribution in [3.05, 3.63) is 78.0 Å². The summed E-state index contributed by atoms with van der Waals surface area (Å²) >= 11 is 0. The first-order valence-corrected chi connectivity index (χ1v) is 11.5. The highest BCUT2D eigenvalue weighted by Crippen LogP contribution is 2.52. The number of rotatable bonds is 5. The maximum atomic E-state index is 13.4. The molecule has 2 fully saturated rings. The van der Waals surface area contributed by atoms with E-state index in [0.29, 0.717) is 13.0 Å². The number of aromatic nitrogens is 1. The Labute approximate surface area is 198 Å². The van der Waals surface area contributed by atoms with Gasteiger partial charge in [-0.1, -0.05) is 36.4 Å². The number of carbonyl (C=O) groups excluding carboxylic acids is 2. The molecular formula is C26H22F3N3O3. The lowest BCUT2D eigenvalue weighted by atomic mass is 9.77. The summed E-state index contributed by atoms with van der Waals surface area (Å²) in [6.07, 6.45) is 1.05. The predicted octanol–water partition coefficient (Wildman–Crippen LogP) is 3.83. The van der Waals surface area contributed by atoms with Gasteiger partial charge in [-0.05, 0) is 36.2 Å². The van der Waals surface area contributed by atoms with Gasteiger partial charge in [0.25, 0.3) is 0 Å². The third kappa shape index (κ3) is 3.44. The molecule has 0 saturated carbocycles. The van der Waals surface area contributed by atoms with E-state index in [-0.39, 0.29) is 18.1 Å². The van der Waals surface area contributed by atoms with Crippen LogP contribution in [0.25, 0.3) is 10.9 Å². The molecule has 1 spiro atoms. The van der Waals surface area contributed by atoms with Crippen molar-refractivity contribution in [2.75, 3.05) is 18.0 Å². The van der Waals surface area contributed by atoms with Crippen LogP contribution in [-0.4, -0.2) is 41.6 Å². The van der Waals surface area contributed by atoms with Crippen LogP contribution in [0.1, 0.15) is 11.1 Å². The topological polar surface area (TPSA) is 74.4 Å². The Morgan fingerprint density at radius 2 is 2.03 bits per heavy atom. The molecule has 35 heavy (non-hydrogen) atoms. The molecule has 2 unspecified atom stereocenters. The van der Waals surface area contributed by atoms with Crippen LogP contribution in [0, 0.1) is 11.8 Å². The first-order valence-electron chi connectivity index (χ1n) is 11.5. The van der Waals surface area contributed by atoms with Gasteiger partial charge in [-0.15, -0.1) is 0 Å². The molecule has 180 valence electrons. The van der Waals surface area contributed by atoms with Gasteiger partial charge >= 0.3 is 6.18 Å². The Bertz CT molecular complexity index is 1360. The molecule has 0 aliphatic carbocycles. The van der Waals surface area contributed by atoms with Crippen molar-refractivity contribution < 1.29 is 27.5 Å². The highest BCUT2D eigenvalue weighted by molar-refractivity contribution is 6.03. The van der Waals surface area contributed by atoms with E-state index < -0.39 is 41.2 Å². The average Bonchev–Trinajstić information content (AvgIpc) is 3.59. The zero-order valence-electron chi connectivity index (χ0n) is 18.5. The molecule has 2 bridgehead atoms. The van der Waals surface area contributed by atoms with Gasteiger partial charge in [0, 0.05) is 29.3 Å². The Morgan fingerprint density at radius 3 is 2.86 bits per heavy atom. The van der Waals surface area contributed by atoms with Gasteiger partial charge in [-0.2, -0.15) is 13.2 Å². The molecule has 2 aromatic carbocycles. The Balaban J connectivity index is 1.19. The van der Waals surface area contributed by atoms with Crippen LogP contribution in [0.2, 0.25) is 0 Å². The first-order chi connectivity index (χ1) is 16.8. The number of amides is 2. The molecule has 4 heterocycles. The number of halogens is 3. The number of alkyl halides is 3. The third-order valence-electron chi connectivity index (χ3n) is 7.26. The minimum absolute atomic E-state index is 0.0733. The van der Waals surface area contributed by atoms with E-state index in [2.05, 4.69) is 10.3 Å². The van der Waals surface area contributed by atoms with Gasteiger partial charge in [-0.25, -0.2) is 0 Å². The minimum atomic E-state index is -4.52. The van der Waals surface area contributed by atoms with E-state index >= 15 is 0 Å². The van der Waals surface area contributed by atoms with Gasteiger partial charge in [0.2, 0.25) is 11.8 Å². The summed E-state index contributed by atoms with van der Waals surface area (Å²) in [5, 5.41) is 4.03. The van der Waals surface area contributed by atoms with Gasteiger partial charge < -0.3 is 19.9 Å². The van der Waals surface area contributed by atoms with Crippen LogP contribution in [0.15, 0.2) is 66.9 Å². The Hall–Kier alpha value is -3.59. The van der Waals surface area contributed by atoms with Crippen LogP contribution < -0.4 is 10.2 Å². The van der Waals surface area contributed by atoms with E-state index in [0.717, 1.165) is 28.6 Å². The molecule has 3 aliphatic rings. The monoisotopic (exact) mass is 481 g/mol. The SMILES string of the molecule is O=C(NCCc1c[nH]c2ccccc12)C1C2C(=O)N(c3cccc(C(F)(F)F)c3)C[C@@]23C=C[C@@H]1O3. The smallest absolute Gasteiger partial charge is 0.361 e. The van der Waals surface area contributed by atoms with Crippen molar-refractivity contribution >= 4 is 28.4 Å². The molecule has 6 rings (SSSR count). The summed E-state index contributed by atoms with van der Waals surface area (Å²) < 4.78 is 45.7. The number of hydrogen-bond acceptors (Lipinski definition) is 3. The molecular weight excluding hydrogens is 459 g/mol. The zero-order valence-corrected chi connectivity index (χ0v) is 18.5. The lowest BCUT2D eigenvalue weighted by Gasteiger charge is -2.23. The molecule has 4 atom stereocenters. The van der Waals surface area contributed by atoms with Crippen molar-refractivity contribution in [1.82, 2.24) is 10.3 Å². The summed E-state index contributed by atoms with van der Waals surface area (Å²) in [5.74, 6) is -2.19. The maximum absolute atomic E-state index is 13.4. The molecule has 3 aromatic rings. The van der Waals surface area contributed by atoms with Crippen LogP contribution in [-0.2, 0) is 26.9 Å². The number of nitrogens with one attached hydrogen (secondary N) is 2. The number of fused-ring (bicyclic) bond motifs is 2. The quantitative estimate of drug-likeness (QED) is 0.544. The molecule has 2 saturated heterocycles. The lowest BCUT2D eigenvalue weighted by molar-refractivity contribution is -0.137. The van der Waals surface area contributed by atoms with E-state index in [9.17, 15) is 22.8 Å². The molecule has 3 aliphatic heterocycles. The summed E-state index contributed by atoms with van der Waals surface area (Å²) in [5.41, 5.74) is 0.412. The standard InChI is InChI=1S/C26H22F3N3O3/c27-26(28,29)16-4-3-5-17(12-16)32-14-25-10-8-20(35-25)21(22(25)24(32)34)23(33)30-11-9-15-13-31-19-7-2-1-6-18(15)19/h1-8,10,12-13,20-22,31H,9,11,14H2,(H,30,33)/t20-,21?,22?,25-/m0/s1. The van der Waals surface area contributed by atoms with E-state index in [1.807, 2.05) is 30.5 Å². The van der Waals surface area contributed by atoms with Crippen LogP contribution in [0.4, 0.5) is 18.9 Å². The van der Waals surface area contributed by atoms with Gasteiger partial charge in [0.1, 0.15) is 5.60 Å². The van der Waals surface area contributed by atoms with Crippen molar-refractivity contribution in [3.63, 3.8) is 0 Å². The van der Waals surface area contributed by atoms with Crippen LogP contribution in [0.3, 0.4) is 0 Å². The van der Waals surface area contributed by atoms with Gasteiger partial charge in [0.15, 0.2) is 0 Å². The predicted molar refractivity (Wildman–Crippen MR) is 123 cm³/mol. The van der Waals surface area contributed by atoms with Crippen molar-refractivity contribution in [2.45, 2.75) is 24.3 Å². The molecule has 6 nitrogen and oxygen atoms in total. The summed E-state index contributed by atoms with van der Waals surface area (Å²) in [4.78, 5) is 31.1. The molecule has 2 N–H and O–H groups in total. The number of ether oxygens (including phenoxy) is 1. The van der Waals surface area contributed by atoms with Crippen LogP contribution in [0.5, 0.6) is 0 Å². The highest BCUT2D eigenvalue weighted by atomic mass is 19.4. The number of hydrogen-bond donors (Lipinski definition) is 2. The second kappa shape index (κ2) is 7.71. The van der Waals surface area contributed by atoms with Crippen molar-refractivity contribution in [2.24, 2.45) is 11.8 Å². The van der Waals surface area contributed by atoms with E-state index in [1.54, 1.807) is 12.2 Å². The van der Waals surface area contributed by atoms with Crippen molar-refractivity contribution in [3.8, 4) is 0 Å². The molecule has 9 heteroatoms. The van der Waals surface area contributed by atoms with E-state index in [1.165, 1.54) is 17.0 Å². The number of anilines is 1. The number of carbonyl (C=O) groups is 2. The zero-order chi connectivity index (χ0) is 24.4. The fraction of sp³-hybridized carbons (Fsp3) is 0.308. The normalized spacial score (nSPS) is 27.1. The second-order valence-electron chi connectivity index (χ2n) is 9.27. The van der Waals surface area contributed by atoms with Gasteiger partial charge in [0.05, 0.1) is 30.0 Å². The Morgan fingerprint density at radius 1 is 1.20 bits per heavy atom. The second-order valence-corrected chi connectivity index (χ2v) is 9.27. The van der Waals surface area contributed by atoms with Crippen LogP contribution >= 0.6 is 0 Å². The summed E-state index contributed by atoms with van der Waals surface area (Å²) in [6.45, 7) is 0.461. The maximum Gasteiger partial charge on any atom is 0.416 e. The molecule has 0 radical (unpaired) electrons. The summed E-state index contributed by atoms with van der Waals surface area (Å²) in [7, 11) is 0. The summed E-state index contributed by atoms with van der Waals surface area (Å²) in [6, 6.07) is 12.6. The molecule has 1 aromatic heterocycles. The first kappa shape index (κ1) is 21.9. The number of nitrogens with zero attached hydrogens (tertiary/aromatic N) is 1. The molecule has 2 amide bonds. The third-order valence-corrected chi connectivity index (χ3v) is 7.26. The number of aromatic amines is 1. The minimum Gasteiger partial charge on any atom is -0.361 e. The largest absolute Gasteiger partial charge is 0.416 e. The van der Waals surface area contributed by atoms with E-state index in [4.69, 9.17) is 4.74 Å².